The van der Waals surface area contributed by atoms with E-state index in [9.17, 15) is 4.79 Å². The molecule has 104 valence electrons. The van der Waals surface area contributed by atoms with E-state index in [0.29, 0.717) is 12.1 Å². The molecule has 0 aliphatic heterocycles. The number of rotatable bonds is 3. The zero-order chi connectivity index (χ0) is 13.8. The summed E-state index contributed by atoms with van der Waals surface area (Å²) in [6.07, 6.45) is 4.38. The van der Waals surface area contributed by atoms with Crippen molar-refractivity contribution >= 4 is 21.8 Å². The summed E-state index contributed by atoms with van der Waals surface area (Å²) in [5.74, 6) is 0.0276. The lowest BCUT2D eigenvalue weighted by Gasteiger charge is -2.28. The Kier molecular flexibility index (Phi) is 4.99. The molecule has 0 radical (unpaired) electrons. The highest BCUT2D eigenvalue weighted by Crippen LogP contribution is 2.21. The molecule has 2 rings (SSSR count). The van der Waals surface area contributed by atoms with Crippen molar-refractivity contribution in [3.8, 4) is 0 Å². The molecule has 0 bridgehead atoms. The van der Waals surface area contributed by atoms with E-state index in [4.69, 9.17) is 0 Å². The van der Waals surface area contributed by atoms with Gasteiger partial charge in [-0.15, -0.1) is 0 Å². The van der Waals surface area contributed by atoms with Crippen LogP contribution in [0, 0.1) is 6.92 Å². The average molecular weight is 325 g/mol. The molecule has 0 saturated heterocycles. The molecule has 0 spiro atoms. The van der Waals surface area contributed by atoms with Crippen molar-refractivity contribution in [2.45, 2.75) is 44.7 Å². The van der Waals surface area contributed by atoms with Gasteiger partial charge in [-0.3, -0.25) is 4.79 Å². The molecule has 2 N–H and O–H groups in total. The Morgan fingerprint density at radius 1 is 1.21 bits per heavy atom. The van der Waals surface area contributed by atoms with Crippen LogP contribution in [0.5, 0.6) is 0 Å². The number of carbonyl (C=O) groups is 1. The standard InChI is InChI=1S/C15H21BrN2O/c1-10-3-8-13(14(16)9-10)15(19)18-12-6-4-11(17-2)5-7-12/h3,8-9,11-12,17H,4-7H2,1-2H3,(H,18,19). The van der Waals surface area contributed by atoms with Gasteiger partial charge in [0.1, 0.15) is 0 Å². The van der Waals surface area contributed by atoms with Crippen molar-refractivity contribution in [2.24, 2.45) is 0 Å². The molecule has 1 aromatic rings. The Morgan fingerprint density at radius 2 is 1.84 bits per heavy atom. The van der Waals surface area contributed by atoms with Crippen LogP contribution in [-0.4, -0.2) is 25.0 Å². The molecule has 0 heterocycles. The lowest BCUT2D eigenvalue weighted by atomic mass is 9.91. The van der Waals surface area contributed by atoms with Crippen molar-refractivity contribution in [2.75, 3.05) is 7.05 Å². The van der Waals surface area contributed by atoms with Gasteiger partial charge in [-0.1, -0.05) is 6.07 Å². The monoisotopic (exact) mass is 324 g/mol. The third-order valence-corrected chi connectivity index (χ3v) is 4.50. The van der Waals surface area contributed by atoms with Gasteiger partial charge < -0.3 is 10.6 Å². The largest absolute Gasteiger partial charge is 0.349 e. The highest BCUT2D eigenvalue weighted by Gasteiger charge is 2.22. The van der Waals surface area contributed by atoms with Crippen LogP contribution in [0.15, 0.2) is 22.7 Å². The van der Waals surface area contributed by atoms with Crippen molar-refractivity contribution < 1.29 is 4.79 Å². The molecule has 0 aromatic heterocycles. The normalized spacial score (nSPS) is 23.1. The smallest absolute Gasteiger partial charge is 0.252 e. The highest BCUT2D eigenvalue weighted by molar-refractivity contribution is 9.10. The van der Waals surface area contributed by atoms with Gasteiger partial charge in [-0.25, -0.2) is 0 Å². The topological polar surface area (TPSA) is 41.1 Å². The maximum atomic E-state index is 12.2. The van der Waals surface area contributed by atoms with Crippen molar-refractivity contribution in [1.82, 2.24) is 10.6 Å². The van der Waals surface area contributed by atoms with E-state index >= 15 is 0 Å². The van der Waals surface area contributed by atoms with Gasteiger partial charge in [0.25, 0.3) is 5.91 Å². The summed E-state index contributed by atoms with van der Waals surface area (Å²) >= 11 is 3.46. The van der Waals surface area contributed by atoms with Crippen LogP contribution in [0.2, 0.25) is 0 Å². The van der Waals surface area contributed by atoms with E-state index in [1.807, 2.05) is 32.2 Å². The quantitative estimate of drug-likeness (QED) is 0.897. The summed E-state index contributed by atoms with van der Waals surface area (Å²) < 4.78 is 0.869. The minimum absolute atomic E-state index is 0.0276. The van der Waals surface area contributed by atoms with Crippen LogP contribution in [-0.2, 0) is 0 Å². The fourth-order valence-electron chi connectivity index (χ4n) is 2.59. The molecule has 19 heavy (non-hydrogen) atoms. The molecule has 0 unspecified atom stereocenters. The van der Waals surface area contributed by atoms with E-state index in [1.165, 1.54) is 0 Å². The number of amides is 1. The molecule has 3 nitrogen and oxygen atoms in total. The molecule has 1 aliphatic carbocycles. The second-order valence-corrected chi connectivity index (χ2v) is 6.15. The Balaban J connectivity index is 1.94. The number of carbonyl (C=O) groups excluding carboxylic acids is 1. The highest BCUT2D eigenvalue weighted by atomic mass is 79.9. The molecule has 1 amide bonds. The zero-order valence-electron chi connectivity index (χ0n) is 11.5. The fourth-order valence-corrected chi connectivity index (χ4v) is 3.27. The second-order valence-electron chi connectivity index (χ2n) is 5.29. The first-order chi connectivity index (χ1) is 9.10. The molecule has 1 aromatic carbocycles. The first-order valence-corrected chi connectivity index (χ1v) is 7.63. The van der Waals surface area contributed by atoms with Gasteiger partial charge in [-0.2, -0.15) is 0 Å². The predicted molar refractivity (Wildman–Crippen MR) is 81.4 cm³/mol. The van der Waals surface area contributed by atoms with Crippen LogP contribution in [0.4, 0.5) is 0 Å². The number of nitrogens with one attached hydrogen (secondary N) is 2. The Labute approximate surface area is 123 Å². The second kappa shape index (κ2) is 6.53. The summed E-state index contributed by atoms with van der Waals surface area (Å²) in [4.78, 5) is 12.2. The summed E-state index contributed by atoms with van der Waals surface area (Å²) in [5, 5.41) is 6.45. The minimum atomic E-state index is 0.0276. The number of hydrogen-bond donors (Lipinski definition) is 2. The van der Waals surface area contributed by atoms with E-state index in [2.05, 4.69) is 26.6 Å². The van der Waals surface area contributed by atoms with Gasteiger partial charge in [0.05, 0.1) is 5.56 Å². The van der Waals surface area contributed by atoms with Crippen molar-refractivity contribution in [3.05, 3.63) is 33.8 Å². The number of benzene rings is 1. The zero-order valence-corrected chi connectivity index (χ0v) is 13.1. The fraction of sp³-hybridized carbons (Fsp3) is 0.533. The van der Waals surface area contributed by atoms with Gasteiger partial charge in [-0.05, 0) is 73.3 Å². The van der Waals surface area contributed by atoms with Gasteiger partial charge in [0.15, 0.2) is 0 Å². The van der Waals surface area contributed by atoms with Crippen LogP contribution in [0.25, 0.3) is 0 Å². The van der Waals surface area contributed by atoms with E-state index in [-0.39, 0.29) is 5.91 Å². The molecule has 1 aliphatic rings. The molecular formula is C15H21BrN2O. The van der Waals surface area contributed by atoms with Crippen molar-refractivity contribution in [1.29, 1.82) is 0 Å². The van der Waals surface area contributed by atoms with Crippen LogP contribution in [0.3, 0.4) is 0 Å². The lowest BCUT2D eigenvalue weighted by Crippen LogP contribution is -2.41. The molecular weight excluding hydrogens is 304 g/mol. The molecule has 4 heteroatoms. The summed E-state index contributed by atoms with van der Waals surface area (Å²) in [7, 11) is 2.01. The van der Waals surface area contributed by atoms with Crippen LogP contribution < -0.4 is 10.6 Å². The van der Waals surface area contributed by atoms with Gasteiger partial charge in [0.2, 0.25) is 0 Å². The summed E-state index contributed by atoms with van der Waals surface area (Å²) in [6.45, 7) is 2.02. The lowest BCUT2D eigenvalue weighted by molar-refractivity contribution is 0.0924. The number of halogens is 1. The number of aryl methyl sites for hydroxylation is 1. The first kappa shape index (κ1) is 14.5. The Bertz CT molecular complexity index is 453. The third-order valence-electron chi connectivity index (χ3n) is 3.84. The minimum Gasteiger partial charge on any atom is -0.349 e. The van der Waals surface area contributed by atoms with Gasteiger partial charge in [0, 0.05) is 16.6 Å². The Morgan fingerprint density at radius 3 is 2.42 bits per heavy atom. The van der Waals surface area contributed by atoms with E-state index in [1.54, 1.807) is 0 Å². The van der Waals surface area contributed by atoms with Crippen LogP contribution >= 0.6 is 15.9 Å². The molecule has 1 fully saturated rings. The molecule has 1 saturated carbocycles. The molecule has 0 atom stereocenters. The first-order valence-electron chi connectivity index (χ1n) is 6.84. The summed E-state index contributed by atoms with van der Waals surface area (Å²) in [6, 6.07) is 6.75. The predicted octanol–water partition coefficient (Wildman–Crippen LogP) is 3.02. The van der Waals surface area contributed by atoms with Gasteiger partial charge >= 0.3 is 0 Å². The SMILES string of the molecule is CNC1CCC(NC(=O)c2ccc(C)cc2Br)CC1. The maximum Gasteiger partial charge on any atom is 0.252 e. The van der Waals surface area contributed by atoms with E-state index < -0.39 is 0 Å². The Hall–Kier alpha value is -0.870. The third kappa shape index (κ3) is 3.80. The van der Waals surface area contributed by atoms with Crippen molar-refractivity contribution in [3.63, 3.8) is 0 Å². The average Bonchev–Trinajstić information content (AvgIpc) is 2.39. The maximum absolute atomic E-state index is 12.2. The number of hydrogen-bond acceptors (Lipinski definition) is 2. The van der Waals surface area contributed by atoms with E-state index in [0.717, 1.165) is 41.3 Å². The summed E-state index contributed by atoms with van der Waals surface area (Å²) in [5.41, 5.74) is 1.87. The van der Waals surface area contributed by atoms with Crippen LogP contribution in [0.1, 0.15) is 41.6 Å².